The Labute approximate surface area is 250 Å². The van der Waals surface area contributed by atoms with Crippen LogP contribution in [0.15, 0.2) is 65.6 Å². The van der Waals surface area contributed by atoms with Crippen LogP contribution in [0.4, 0.5) is 5.69 Å². The Morgan fingerprint density at radius 3 is 2.35 bits per heavy atom. The molecule has 1 fully saturated rings. The second kappa shape index (κ2) is 11.2. The van der Waals surface area contributed by atoms with E-state index in [0.29, 0.717) is 36.4 Å². The number of likely N-dealkylation sites (N-methyl/N-ethyl adjacent to an activating group) is 1. The smallest absolute Gasteiger partial charge is 0.274 e. The van der Waals surface area contributed by atoms with E-state index in [1.54, 1.807) is 43.3 Å². The van der Waals surface area contributed by atoms with Gasteiger partial charge in [0, 0.05) is 37.8 Å². The van der Waals surface area contributed by atoms with Crippen LogP contribution < -0.4 is 18.5 Å². The highest BCUT2D eigenvalue weighted by molar-refractivity contribution is 7.93. The predicted octanol–water partition coefficient (Wildman–Crippen LogP) is 3.12. The number of hydrogen-bond donors (Lipinski definition) is 0. The maximum atomic E-state index is 15.2. The molecular weight excluding hydrogens is 572 g/mol. The molecule has 0 aromatic heterocycles. The predicted molar refractivity (Wildman–Crippen MR) is 158 cm³/mol. The van der Waals surface area contributed by atoms with Crippen LogP contribution in [0.25, 0.3) is 0 Å². The lowest BCUT2D eigenvalue weighted by atomic mass is 9.80. The first-order valence-corrected chi connectivity index (χ1v) is 15.0. The van der Waals surface area contributed by atoms with Gasteiger partial charge in [-0.15, -0.1) is 0 Å². The lowest BCUT2D eigenvalue weighted by molar-refractivity contribution is -0.138. The van der Waals surface area contributed by atoms with E-state index in [2.05, 4.69) is 6.07 Å². The van der Waals surface area contributed by atoms with Crippen molar-refractivity contribution in [1.82, 2.24) is 9.80 Å². The summed E-state index contributed by atoms with van der Waals surface area (Å²) in [5.41, 5.74) is -0.918. The maximum absolute atomic E-state index is 15.2. The van der Waals surface area contributed by atoms with E-state index in [9.17, 15) is 18.5 Å². The Bertz CT molecular complexity index is 1750. The molecule has 0 bridgehead atoms. The van der Waals surface area contributed by atoms with Gasteiger partial charge in [-0.05, 0) is 49.2 Å². The summed E-state index contributed by atoms with van der Waals surface area (Å²) in [6, 6.07) is 16.9. The van der Waals surface area contributed by atoms with E-state index in [1.165, 1.54) is 62.6 Å². The molecule has 0 saturated carbocycles. The minimum Gasteiger partial charge on any atom is -0.497 e. The summed E-state index contributed by atoms with van der Waals surface area (Å²) < 4.78 is 46.3. The fourth-order valence-corrected chi connectivity index (χ4v) is 7.73. The summed E-state index contributed by atoms with van der Waals surface area (Å²) in [6.45, 7) is 0.310. The number of anilines is 1. The van der Waals surface area contributed by atoms with Crippen molar-refractivity contribution in [2.75, 3.05) is 46.3 Å². The van der Waals surface area contributed by atoms with Crippen molar-refractivity contribution in [1.29, 1.82) is 5.26 Å². The number of fused-ring (bicyclic) bond motifs is 1. The molecular formula is C31H32N4O7S. The molecule has 0 spiro atoms. The van der Waals surface area contributed by atoms with Crippen molar-refractivity contribution in [3.05, 3.63) is 77.4 Å². The number of methoxy groups -OCH3 is 3. The SMILES string of the molecule is COc1ccc(S(=O)(=O)N2C(=O)[C@](c3ccccc3OC)(N3CCCC3C(=O)N(C)C)c3cc(C#N)ccc32)c(OC)c1. The number of para-hydroxylation sites is 1. The van der Waals surface area contributed by atoms with Crippen molar-refractivity contribution in [3.63, 3.8) is 0 Å². The molecule has 5 rings (SSSR count). The number of carbonyl (C=O) groups is 2. The zero-order valence-corrected chi connectivity index (χ0v) is 25.3. The summed E-state index contributed by atoms with van der Waals surface area (Å²) in [5.74, 6) is -0.366. The Morgan fingerprint density at radius 1 is 0.977 bits per heavy atom. The van der Waals surface area contributed by atoms with Crippen LogP contribution >= 0.6 is 0 Å². The standard InChI is InChI=1S/C31H32N4O7S/c1-33(2)29(36)25-10-8-16-34(25)31(22-9-6-7-11-26(22)41-4)23-17-20(19-32)12-14-24(23)35(30(31)37)43(38,39)28-15-13-21(40-3)18-27(28)42-5/h6-7,9,11-15,17-18,25H,8,10,16H2,1-5H3/t25?,31-/m1/s1. The number of ether oxygens (including phenoxy) is 3. The molecule has 11 nitrogen and oxygen atoms in total. The number of rotatable bonds is 8. The van der Waals surface area contributed by atoms with Crippen molar-refractivity contribution in [2.24, 2.45) is 0 Å². The monoisotopic (exact) mass is 604 g/mol. The van der Waals surface area contributed by atoms with Gasteiger partial charge in [-0.3, -0.25) is 14.5 Å². The van der Waals surface area contributed by atoms with Crippen LogP contribution in [0, 0.1) is 11.3 Å². The molecule has 0 aliphatic carbocycles. The quantitative estimate of drug-likeness (QED) is 0.381. The lowest BCUT2D eigenvalue weighted by Gasteiger charge is -2.42. The summed E-state index contributed by atoms with van der Waals surface area (Å²) in [5, 5.41) is 9.88. The van der Waals surface area contributed by atoms with Crippen LogP contribution in [-0.4, -0.2) is 78.0 Å². The largest absolute Gasteiger partial charge is 0.497 e. The lowest BCUT2D eigenvalue weighted by Crippen LogP contribution is -2.59. The Morgan fingerprint density at radius 2 is 1.70 bits per heavy atom. The van der Waals surface area contributed by atoms with Crippen molar-refractivity contribution < 1.29 is 32.2 Å². The number of benzene rings is 3. The molecule has 43 heavy (non-hydrogen) atoms. The van der Waals surface area contributed by atoms with Gasteiger partial charge in [0.15, 0.2) is 5.54 Å². The van der Waals surface area contributed by atoms with Gasteiger partial charge in [-0.25, -0.2) is 12.7 Å². The Balaban J connectivity index is 1.87. The highest BCUT2D eigenvalue weighted by Gasteiger charge is 2.63. The van der Waals surface area contributed by atoms with Gasteiger partial charge in [-0.1, -0.05) is 18.2 Å². The first kappa shape index (κ1) is 29.9. The molecule has 3 aromatic rings. The van der Waals surface area contributed by atoms with Gasteiger partial charge in [0.1, 0.15) is 22.1 Å². The summed E-state index contributed by atoms with van der Waals surface area (Å²) in [4.78, 5) is 31.7. The van der Waals surface area contributed by atoms with E-state index in [-0.39, 0.29) is 33.4 Å². The van der Waals surface area contributed by atoms with Gasteiger partial charge in [0.05, 0.1) is 44.7 Å². The number of amides is 2. The van der Waals surface area contributed by atoms with Crippen LogP contribution in [0.2, 0.25) is 0 Å². The molecule has 2 aliphatic rings. The average molecular weight is 605 g/mol. The minimum atomic E-state index is -4.61. The zero-order valence-electron chi connectivity index (χ0n) is 24.5. The summed E-state index contributed by atoms with van der Waals surface area (Å²) in [6.07, 6.45) is 1.04. The van der Waals surface area contributed by atoms with E-state index >= 15 is 4.79 Å². The second-order valence-electron chi connectivity index (χ2n) is 10.4. The zero-order chi connectivity index (χ0) is 31.1. The molecule has 0 radical (unpaired) electrons. The number of hydrogen-bond acceptors (Lipinski definition) is 9. The maximum Gasteiger partial charge on any atom is 0.274 e. The van der Waals surface area contributed by atoms with Gasteiger partial charge < -0.3 is 19.1 Å². The number of nitrogens with zero attached hydrogens (tertiary/aromatic N) is 4. The summed E-state index contributed by atoms with van der Waals surface area (Å²) in [7, 11) is 2.89. The topological polar surface area (TPSA) is 129 Å². The molecule has 2 aliphatic heterocycles. The molecule has 2 heterocycles. The number of carbonyl (C=O) groups excluding carboxylic acids is 2. The van der Waals surface area contributed by atoms with Crippen molar-refractivity contribution >= 4 is 27.5 Å². The molecule has 1 saturated heterocycles. The molecule has 2 atom stereocenters. The number of likely N-dealkylation sites (tertiary alicyclic amines) is 1. The molecule has 0 N–H and O–H groups in total. The van der Waals surface area contributed by atoms with Gasteiger partial charge >= 0.3 is 0 Å². The fourth-order valence-electron chi connectivity index (χ4n) is 6.13. The van der Waals surface area contributed by atoms with Crippen molar-refractivity contribution in [2.45, 2.75) is 29.3 Å². The van der Waals surface area contributed by atoms with Gasteiger partial charge in [0.25, 0.3) is 15.9 Å². The van der Waals surface area contributed by atoms with Crippen LogP contribution in [0.3, 0.4) is 0 Å². The third-order valence-corrected chi connectivity index (χ3v) is 9.76. The van der Waals surface area contributed by atoms with E-state index in [0.717, 1.165) is 4.31 Å². The van der Waals surface area contributed by atoms with E-state index in [1.807, 2.05) is 0 Å². The Kier molecular flexibility index (Phi) is 7.81. The van der Waals surface area contributed by atoms with Gasteiger partial charge in [-0.2, -0.15) is 5.26 Å². The Hall–Kier alpha value is -4.60. The molecule has 2 amide bonds. The summed E-state index contributed by atoms with van der Waals surface area (Å²) >= 11 is 0. The number of nitriles is 1. The second-order valence-corrected chi connectivity index (χ2v) is 12.2. The fraction of sp³-hybridized carbons (Fsp3) is 0.323. The van der Waals surface area contributed by atoms with Crippen LogP contribution in [-0.2, 0) is 25.2 Å². The molecule has 224 valence electrons. The van der Waals surface area contributed by atoms with Gasteiger partial charge in [0.2, 0.25) is 5.91 Å². The molecule has 3 aromatic carbocycles. The molecule has 12 heteroatoms. The first-order valence-electron chi connectivity index (χ1n) is 13.6. The van der Waals surface area contributed by atoms with Crippen molar-refractivity contribution in [3.8, 4) is 23.3 Å². The first-order chi connectivity index (χ1) is 20.6. The van der Waals surface area contributed by atoms with Crippen LogP contribution in [0.1, 0.15) is 29.5 Å². The van der Waals surface area contributed by atoms with Crippen LogP contribution in [0.5, 0.6) is 17.2 Å². The highest BCUT2D eigenvalue weighted by atomic mass is 32.2. The van der Waals surface area contributed by atoms with E-state index in [4.69, 9.17) is 14.2 Å². The minimum absolute atomic E-state index is 0.0148. The molecule has 1 unspecified atom stereocenters. The normalized spacial score (nSPS) is 20.0. The third kappa shape index (κ3) is 4.47. The highest BCUT2D eigenvalue weighted by Crippen LogP contribution is 2.55. The third-order valence-electron chi connectivity index (χ3n) is 8.02. The van der Waals surface area contributed by atoms with E-state index < -0.39 is 27.5 Å². The average Bonchev–Trinajstić information content (AvgIpc) is 3.60. The number of sulfonamides is 1.